The first-order chi connectivity index (χ1) is 13.4. The molecular formula is C21H20N2O4S. The molecule has 0 saturated carbocycles. The number of rotatable bonds is 5. The molecule has 2 heterocycles. The Balaban J connectivity index is 1.76. The van der Waals surface area contributed by atoms with Gasteiger partial charge in [-0.25, -0.2) is 4.98 Å². The number of hydrogen-bond acceptors (Lipinski definition) is 7. The van der Waals surface area contributed by atoms with Crippen molar-refractivity contribution in [3.05, 3.63) is 42.1 Å². The van der Waals surface area contributed by atoms with E-state index in [1.807, 2.05) is 57.2 Å². The number of aliphatic imine (C=N–C) groups is 1. The molecule has 1 aliphatic heterocycles. The number of aromatic hydroxyl groups is 1. The molecule has 0 spiro atoms. The van der Waals surface area contributed by atoms with Crippen LogP contribution in [0.1, 0.15) is 26.5 Å². The van der Waals surface area contributed by atoms with Gasteiger partial charge >= 0.3 is 5.95 Å². The number of aromatic nitrogens is 1. The molecule has 4 rings (SSSR count). The Hall–Kier alpha value is -2.80. The summed E-state index contributed by atoms with van der Waals surface area (Å²) in [7, 11) is 0. The van der Waals surface area contributed by atoms with Crippen molar-refractivity contribution >= 4 is 33.9 Å². The van der Waals surface area contributed by atoms with Gasteiger partial charge in [0.2, 0.25) is 11.0 Å². The van der Waals surface area contributed by atoms with Gasteiger partial charge < -0.3 is 14.3 Å². The van der Waals surface area contributed by atoms with E-state index in [4.69, 9.17) is 9.15 Å². The molecule has 0 amide bonds. The Bertz CT molecular complexity index is 1090. The van der Waals surface area contributed by atoms with Crippen molar-refractivity contribution in [2.24, 2.45) is 4.99 Å². The van der Waals surface area contributed by atoms with E-state index in [1.54, 1.807) is 0 Å². The van der Waals surface area contributed by atoms with Crippen LogP contribution in [0.4, 0.5) is 0 Å². The lowest BCUT2D eigenvalue weighted by molar-refractivity contribution is -0.114. The van der Waals surface area contributed by atoms with E-state index >= 15 is 0 Å². The average Bonchev–Trinajstić information content (AvgIpc) is 3.01. The van der Waals surface area contributed by atoms with Crippen LogP contribution in [0.3, 0.4) is 0 Å². The van der Waals surface area contributed by atoms with Crippen molar-refractivity contribution < 1.29 is 19.1 Å². The van der Waals surface area contributed by atoms with Gasteiger partial charge in [0.05, 0.1) is 18.4 Å². The number of thioether (sulfide) groups is 1. The molecule has 1 saturated heterocycles. The van der Waals surface area contributed by atoms with Crippen molar-refractivity contribution in [3.63, 3.8) is 0 Å². The minimum absolute atomic E-state index is 0.0112. The zero-order valence-corrected chi connectivity index (χ0v) is 16.6. The second-order valence-corrected chi connectivity index (χ2v) is 8.67. The number of nitrogens with zero attached hydrogens (tertiary/aromatic N) is 2. The number of fused-ring (bicyclic) bond motifs is 1. The number of hydrogen-bond donors (Lipinski definition) is 1. The normalized spacial score (nSPS) is 18.5. The SMILES string of the molecule is CCOc1ccc2ccccc2c1-c1nc(C=N[C@H]2C(=O)SC2(C)C)c(O)o1. The molecular weight excluding hydrogens is 376 g/mol. The van der Waals surface area contributed by atoms with E-state index < -0.39 is 6.04 Å². The van der Waals surface area contributed by atoms with Gasteiger partial charge in [-0.05, 0) is 37.6 Å². The third-order valence-electron chi connectivity index (χ3n) is 4.63. The summed E-state index contributed by atoms with van der Waals surface area (Å²) < 4.78 is 11.0. The zero-order valence-electron chi connectivity index (χ0n) is 15.8. The summed E-state index contributed by atoms with van der Waals surface area (Å²) in [5, 5.41) is 12.2. The monoisotopic (exact) mass is 396 g/mol. The highest BCUT2D eigenvalue weighted by Crippen LogP contribution is 2.44. The molecule has 144 valence electrons. The van der Waals surface area contributed by atoms with E-state index in [9.17, 15) is 9.90 Å². The van der Waals surface area contributed by atoms with Gasteiger partial charge in [-0.3, -0.25) is 9.79 Å². The lowest BCUT2D eigenvalue weighted by Crippen LogP contribution is -2.48. The van der Waals surface area contributed by atoms with Gasteiger partial charge in [0.1, 0.15) is 11.8 Å². The highest BCUT2D eigenvalue weighted by atomic mass is 32.2. The van der Waals surface area contributed by atoms with E-state index in [0.717, 1.165) is 10.8 Å². The predicted octanol–water partition coefficient (Wildman–Crippen LogP) is 4.44. The smallest absolute Gasteiger partial charge is 0.312 e. The van der Waals surface area contributed by atoms with Crippen LogP contribution in [0.25, 0.3) is 22.2 Å². The number of oxazole rings is 1. The molecule has 3 aromatic rings. The lowest BCUT2D eigenvalue weighted by Gasteiger charge is -2.38. The summed E-state index contributed by atoms with van der Waals surface area (Å²) in [6, 6.07) is 11.2. The third kappa shape index (κ3) is 3.16. The van der Waals surface area contributed by atoms with Crippen molar-refractivity contribution in [3.8, 4) is 23.1 Å². The Labute approximate surface area is 166 Å². The van der Waals surface area contributed by atoms with Crippen LogP contribution in [-0.2, 0) is 4.79 Å². The molecule has 1 atom stereocenters. The summed E-state index contributed by atoms with van der Waals surface area (Å²) in [5.41, 5.74) is 0.858. The molecule has 28 heavy (non-hydrogen) atoms. The molecule has 1 aromatic heterocycles. The second-order valence-electron chi connectivity index (χ2n) is 7.01. The maximum Gasteiger partial charge on any atom is 0.312 e. The molecule has 6 nitrogen and oxygen atoms in total. The van der Waals surface area contributed by atoms with Crippen molar-refractivity contribution in [1.82, 2.24) is 4.98 Å². The van der Waals surface area contributed by atoms with Crippen LogP contribution in [0.2, 0.25) is 0 Å². The maximum absolute atomic E-state index is 11.8. The maximum atomic E-state index is 11.8. The Morgan fingerprint density at radius 3 is 2.82 bits per heavy atom. The summed E-state index contributed by atoms with van der Waals surface area (Å²) >= 11 is 1.27. The van der Waals surface area contributed by atoms with Crippen LogP contribution in [-0.4, -0.2) is 38.8 Å². The van der Waals surface area contributed by atoms with Crippen LogP contribution < -0.4 is 4.74 Å². The van der Waals surface area contributed by atoms with E-state index in [2.05, 4.69) is 9.98 Å². The van der Waals surface area contributed by atoms with Gasteiger partial charge in [0.15, 0.2) is 5.69 Å². The van der Waals surface area contributed by atoms with Crippen LogP contribution >= 0.6 is 11.8 Å². The van der Waals surface area contributed by atoms with Gasteiger partial charge in [-0.1, -0.05) is 42.1 Å². The first-order valence-corrected chi connectivity index (χ1v) is 9.83. The highest BCUT2D eigenvalue weighted by Gasteiger charge is 2.47. The molecule has 1 N–H and O–H groups in total. The quantitative estimate of drug-likeness (QED) is 0.642. The number of carbonyl (C=O) groups excluding carboxylic acids is 1. The van der Waals surface area contributed by atoms with E-state index in [-0.39, 0.29) is 27.4 Å². The fourth-order valence-corrected chi connectivity index (χ4v) is 4.32. The molecule has 2 aromatic carbocycles. The number of carbonyl (C=O) groups is 1. The van der Waals surface area contributed by atoms with Crippen molar-refractivity contribution in [2.75, 3.05) is 6.61 Å². The van der Waals surface area contributed by atoms with E-state index in [1.165, 1.54) is 18.0 Å². The van der Waals surface area contributed by atoms with Gasteiger partial charge in [0.25, 0.3) is 0 Å². The lowest BCUT2D eigenvalue weighted by atomic mass is 10.0. The highest BCUT2D eigenvalue weighted by molar-refractivity contribution is 8.17. The summed E-state index contributed by atoms with van der Waals surface area (Å²) in [6.45, 7) is 6.31. The fourth-order valence-electron chi connectivity index (χ4n) is 3.24. The molecule has 0 bridgehead atoms. The first-order valence-electron chi connectivity index (χ1n) is 9.01. The van der Waals surface area contributed by atoms with Gasteiger partial charge in [-0.2, -0.15) is 0 Å². The minimum Gasteiger partial charge on any atom is -0.493 e. The van der Waals surface area contributed by atoms with Crippen LogP contribution in [0.5, 0.6) is 11.7 Å². The Morgan fingerprint density at radius 2 is 2.11 bits per heavy atom. The fraction of sp³-hybridized carbons (Fsp3) is 0.286. The average molecular weight is 396 g/mol. The standard InChI is InChI=1S/C21H20N2O4S/c1-4-26-15-10-9-12-7-5-6-8-13(12)16(15)18-23-14(19(24)27-18)11-22-17-20(25)28-21(17,2)3/h5-11,17,24H,4H2,1-3H3/t17-/m0/s1. The largest absolute Gasteiger partial charge is 0.493 e. The van der Waals surface area contributed by atoms with Gasteiger partial charge in [0, 0.05) is 4.75 Å². The van der Waals surface area contributed by atoms with Crippen molar-refractivity contribution in [1.29, 1.82) is 0 Å². The Kier molecular flexibility index (Phi) is 4.63. The van der Waals surface area contributed by atoms with Crippen LogP contribution in [0, 0.1) is 0 Å². The molecule has 0 radical (unpaired) electrons. The Morgan fingerprint density at radius 1 is 1.32 bits per heavy atom. The molecule has 7 heteroatoms. The first kappa shape index (κ1) is 18.6. The molecule has 1 fully saturated rings. The topological polar surface area (TPSA) is 84.9 Å². The second kappa shape index (κ2) is 6.98. The zero-order chi connectivity index (χ0) is 19.9. The minimum atomic E-state index is -0.450. The summed E-state index contributed by atoms with van der Waals surface area (Å²) in [6.07, 6.45) is 1.40. The van der Waals surface area contributed by atoms with Gasteiger partial charge in [-0.15, -0.1) is 0 Å². The number of ether oxygens (including phenoxy) is 1. The summed E-state index contributed by atoms with van der Waals surface area (Å²) in [4.78, 5) is 20.5. The van der Waals surface area contributed by atoms with Crippen LogP contribution in [0.15, 0.2) is 45.8 Å². The molecule has 0 unspecified atom stereocenters. The predicted molar refractivity (Wildman–Crippen MR) is 110 cm³/mol. The van der Waals surface area contributed by atoms with Crippen molar-refractivity contribution in [2.45, 2.75) is 31.6 Å². The number of benzene rings is 2. The third-order valence-corrected chi connectivity index (χ3v) is 5.80. The molecule has 1 aliphatic rings. The molecule has 0 aliphatic carbocycles. The summed E-state index contributed by atoms with van der Waals surface area (Å²) in [5.74, 6) is 0.525. The van der Waals surface area contributed by atoms with E-state index in [0.29, 0.717) is 17.9 Å².